The van der Waals surface area contributed by atoms with Crippen molar-refractivity contribution in [2.24, 2.45) is 0 Å². The number of furan rings is 1. The average Bonchev–Trinajstić information content (AvgIpc) is 3.06. The molecule has 1 aromatic heterocycles. The maximum absolute atomic E-state index is 11.6. The van der Waals surface area contributed by atoms with E-state index in [0.717, 1.165) is 11.8 Å². The van der Waals surface area contributed by atoms with Crippen molar-refractivity contribution < 1.29 is 14.1 Å². The zero-order valence-corrected chi connectivity index (χ0v) is 12.6. The smallest absolute Gasteiger partial charge is 0.270 e. The van der Waals surface area contributed by atoms with Crippen LogP contribution in [0, 0.1) is 10.1 Å². The number of thiocarbonyl (C=S) groups is 1. The van der Waals surface area contributed by atoms with Crippen LogP contribution in [0.15, 0.2) is 45.7 Å². The molecule has 1 aliphatic rings. The first-order valence-electron chi connectivity index (χ1n) is 6.12. The van der Waals surface area contributed by atoms with E-state index in [4.69, 9.17) is 16.6 Å². The molecule has 1 aliphatic heterocycles. The Bertz CT molecular complexity index is 826. The Morgan fingerprint density at radius 1 is 1.32 bits per heavy atom. The van der Waals surface area contributed by atoms with Gasteiger partial charge in [-0.3, -0.25) is 14.9 Å². The third kappa shape index (κ3) is 2.92. The molecule has 8 heteroatoms. The Labute approximate surface area is 134 Å². The minimum atomic E-state index is -0.463. The molecule has 3 rings (SSSR count). The second kappa shape index (κ2) is 5.74. The second-order valence-electron chi connectivity index (χ2n) is 4.36. The zero-order valence-electron chi connectivity index (χ0n) is 10.9. The highest BCUT2D eigenvalue weighted by Gasteiger charge is 2.22. The molecule has 22 heavy (non-hydrogen) atoms. The standard InChI is InChI=1S/C14H8N2O4S2/c17-13-12(22-14(21)15-13)7-10-4-5-11(20-10)8-2-1-3-9(6-8)16(18)19/h1-7H,(H,15,17,21)/b12-7-. The van der Waals surface area contributed by atoms with Crippen molar-refractivity contribution in [1.29, 1.82) is 0 Å². The highest BCUT2D eigenvalue weighted by Crippen LogP contribution is 2.29. The molecule has 1 aromatic carbocycles. The van der Waals surface area contributed by atoms with E-state index in [9.17, 15) is 14.9 Å². The van der Waals surface area contributed by atoms with Gasteiger partial charge in [-0.1, -0.05) is 36.1 Å². The van der Waals surface area contributed by atoms with E-state index in [1.54, 1.807) is 30.3 Å². The van der Waals surface area contributed by atoms with Crippen molar-refractivity contribution in [3.05, 3.63) is 57.2 Å². The van der Waals surface area contributed by atoms with E-state index in [0.29, 0.717) is 26.3 Å². The molecule has 1 saturated heterocycles. The summed E-state index contributed by atoms with van der Waals surface area (Å²) >= 11 is 6.07. The fourth-order valence-corrected chi connectivity index (χ4v) is 2.93. The molecule has 6 nitrogen and oxygen atoms in total. The molecule has 0 aliphatic carbocycles. The van der Waals surface area contributed by atoms with Gasteiger partial charge < -0.3 is 9.73 Å². The number of benzene rings is 1. The zero-order chi connectivity index (χ0) is 15.7. The summed E-state index contributed by atoms with van der Waals surface area (Å²) < 4.78 is 6.02. The Morgan fingerprint density at radius 3 is 2.82 bits per heavy atom. The van der Waals surface area contributed by atoms with Crippen LogP contribution in [0.2, 0.25) is 0 Å². The van der Waals surface area contributed by atoms with Gasteiger partial charge >= 0.3 is 0 Å². The van der Waals surface area contributed by atoms with Crippen LogP contribution in [0.3, 0.4) is 0 Å². The Hall–Kier alpha value is -2.45. The van der Waals surface area contributed by atoms with Gasteiger partial charge in [0.15, 0.2) is 0 Å². The van der Waals surface area contributed by atoms with Crippen molar-refractivity contribution in [2.75, 3.05) is 0 Å². The molecule has 0 radical (unpaired) electrons. The van der Waals surface area contributed by atoms with Crippen LogP contribution in [0.25, 0.3) is 17.4 Å². The molecular weight excluding hydrogens is 324 g/mol. The fraction of sp³-hybridized carbons (Fsp3) is 0. The molecule has 1 fully saturated rings. The molecule has 110 valence electrons. The number of non-ortho nitro benzene ring substituents is 1. The summed E-state index contributed by atoms with van der Waals surface area (Å²) in [6.07, 6.45) is 1.58. The predicted molar refractivity (Wildman–Crippen MR) is 87.1 cm³/mol. The SMILES string of the molecule is O=C1NC(=S)S/C1=C\c1ccc(-c2cccc([N+](=O)[O-])c2)o1. The maximum Gasteiger partial charge on any atom is 0.270 e. The lowest BCUT2D eigenvalue weighted by molar-refractivity contribution is -0.384. The first-order valence-corrected chi connectivity index (χ1v) is 7.35. The van der Waals surface area contributed by atoms with E-state index < -0.39 is 4.92 Å². The summed E-state index contributed by atoms with van der Waals surface area (Å²) in [6.45, 7) is 0. The second-order valence-corrected chi connectivity index (χ2v) is 6.08. The van der Waals surface area contributed by atoms with Gasteiger partial charge in [-0.15, -0.1) is 0 Å². The molecule has 1 N–H and O–H groups in total. The molecule has 1 amide bonds. The molecule has 0 bridgehead atoms. The fourth-order valence-electron chi connectivity index (χ4n) is 1.91. The summed E-state index contributed by atoms with van der Waals surface area (Å²) in [5.41, 5.74) is 0.586. The van der Waals surface area contributed by atoms with E-state index in [1.807, 2.05) is 0 Å². The van der Waals surface area contributed by atoms with Crippen molar-refractivity contribution >= 4 is 46.0 Å². The molecule has 2 aromatic rings. The van der Waals surface area contributed by atoms with E-state index in [-0.39, 0.29) is 11.6 Å². The van der Waals surface area contributed by atoms with Gasteiger partial charge in [-0.25, -0.2) is 0 Å². The van der Waals surface area contributed by atoms with Gasteiger partial charge in [0, 0.05) is 23.8 Å². The summed E-state index contributed by atoms with van der Waals surface area (Å²) in [6, 6.07) is 9.54. The Balaban J connectivity index is 1.90. The van der Waals surface area contributed by atoms with Gasteiger partial charge in [-0.05, 0) is 12.1 Å². The van der Waals surface area contributed by atoms with Crippen LogP contribution in [-0.4, -0.2) is 15.2 Å². The van der Waals surface area contributed by atoms with Crippen LogP contribution in [0.1, 0.15) is 5.76 Å². The van der Waals surface area contributed by atoms with E-state index in [2.05, 4.69) is 5.32 Å². The first-order chi connectivity index (χ1) is 10.5. The number of carbonyl (C=O) groups excluding carboxylic acids is 1. The van der Waals surface area contributed by atoms with Gasteiger partial charge in [-0.2, -0.15) is 0 Å². The van der Waals surface area contributed by atoms with Crippen LogP contribution in [-0.2, 0) is 4.79 Å². The number of carbonyl (C=O) groups is 1. The van der Waals surface area contributed by atoms with E-state index >= 15 is 0 Å². The van der Waals surface area contributed by atoms with Crippen molar-refractivity contribution in [1.82, 2.24) is 5.32 Å². The number of hydrogen-bond donors (Lipinski definition) is 1. The Kier molecular flexibility index (Phi) is 3.78. The number of amides is 1. The van der Waals surface area contributed by atoms with Crippen LogP contribution < -0.4 is 5.32 Å². The third-order valence-electron chi connectivity index (χ3n) is 2.88. The lowest BCUT2D eigenvalue weighted by Crippen LogP contribution is -2.17. The topological polar surface area (TPSA) is 85.4 Å². The lowest BCUT2D eigenvalue weighted by atomic mass is 10.1. The number of nitro benzene ring substituents is 1. The van der Waals surface area contributed by atoms with Crippen molar-refractivity contribution in [3.8, 4) is 11.3 Å². The van der Waals surface area contributed by atoms with Crippen LogP contribution in [0.4, 0.5) is 5.69 Å². The van der Waals surface area contributed by atoms with Crippen molar-refractivity contribution in [2.45, 2.75) is 0 Å². The molecule has 0 saturated carbocycles. The van der Waals surface area contributed by atoms with Crippen LogP contribution in [0.5, 0.6) is 0 Å². The lowest BCUT2D eigenvalue weighted by Gasteiger charge is -1.97. The third-order valence-corrected chi connectivity index (χ3v) is 4.05. The minimum Gasteiger partial charge on any atom is -0.457 e. The summed E-state index contributed by atoms with van der Waals surface area (Å²) in [7, 11) is 0. The summed E-state index contributed by atoms with van der Waals surface area (Å²) in [5, 5.41) is 13.3. The number of hydrogen-bond acceptors (Lipinski definition) is 6. The highest BCUT2D eigenvalue weighted by molar-refractivity contribution is 8.26. The molecule has 0 unspecified atom stereocenters. The molecule has 0 spiro atoms. The van der Waals surface area contributed by atoms with Gasteiger partial charge in [0.2, 0.25) is 0 Å². The van der Waals surface area contributed by atoms with Crippen molar-refractivity contribution in [3.63, 3.8) is 0 Å². The highest BCUT2D eigenvalue weighted by atomic mass is 32.2. The van der Waals surface area contributed by atoms with Gasteiger partial charge in [0.25, 0.3) is 11.6 Å². The number of nitro groups is 1. The van der Waals surface area contributed by atoms with E-state index in [1.165, 1.54) is 12.1 Å². The normalized spacial score (nSPS) is 16.1. The number of nitrogens with one attached hydrogen (secondary N) is 1. The summed E-state index contributed by atoms with van der Waals surface area (Å²) in [5.74, 6) is 0.702. The summed E-state index contributed by atoms with van der Waals surface area (Å²) in [4.78, 5) is 22.4. The molecule has 2 heterocycles. The number of rotatable bonds is 3. The number of thioether (sulfide) groups is 1. The quantitative estimate of drug-likeness (QED) is 0.401. The van der Waals surface area contributed by atoms with Gasteiger partial charge in [0.05, 0.1) is 9.83 Å². The maximum atomic E-state index is 11.6. The van der Waals surface area contributed by atoms with Crippen LogP contribution >= 0.6 is 24.0 Å². The molecule has 0 atom stereocenters. The largest absolute Gasteiger partial charge is 0.457 e. The molecular formula is C14H8N2O4S2. The number of nitrogens with zero attached hydrogens (tertiary/aromatic N) is 1. The minimum absolute atomic E-state index is 0.00937. The monoisotopic (exact) mass is 332 g/mol. The predicted octanol–water partition coefficient (Wildman–Crippen LogP) is 3.34. The first kappa shape index (κ1) is 14.5. The Morgan fingerprint density at radius 2 is 2.14 bits per heavy atom. The van der Waals surface area contributed by atoms with Gasteiger partial charge in [0.1, 0.15) is 15.8 Å². The average molecular weight is 332 g/mol.